The van der Waals surface area contributed by atoms with Gasteiger partial charge in [-0.25, -0.2) is 13.4 Å². The standard InChI is InChI=1S/C19H27N5O4S2.2ClH/c1-12-6-7-13(2)18(14(12)3)30(26,27)24-28-11-16(21)22-8-4-5-15(20)17(25)19-23-9-10-29-19;;/h6-7,9-10,15,24H,4-5,8,11,20H2,1-3H3,(H2,21,22);2*1H. The molecule has 0 fully saturated rings. The summed E-state index contributed by atoms with van der Waals surface area (Å²) in [5.41, 5.74) is 8.01. The number of aryl methyl sites for hydroxylation is 2. The second-order valence-corrected chi connectivity index (χ2v) is 9.36. The topological polar surface area (TPSA) is 147 Å². The van der Waals surface area contributed by atoms with Gasteiger partial charge >= 0.3 is 0 Å². The molecule has 1 heterocycles. The molecular formula is C19H29Cl2N5O4S2. The maximum absolute atomic E-state index is 12.5. The van der Waals surface area contributed by atoms with Gasteiger partial charge in [0.15, 0.2) is 5.01 Å². The van der Waals surface area contributed by atoms with Gasteiger partial charge in [-0.05, 0) is 50.3 Å². The average molecular weight is 527 g/mol. The minimum absolute atomic E-state index is 0. The summed E-state index contributed by atoms with van der Waals surface area (Å²) < 4.78 is 25.1. The Morgan fingerprint density at radius 2 is 1.91 bits per heavy atom. The van der Waals surface area contributed by atoms with Crippen molar-refractivity contribution in [1.82, 2.24) is 15.2 Å². The molecule has 0 spiro atoms. The van der Waals surface area contributed by atoms with E-state index in [0.717, 1.165) is 5.56 Å². The number of halogens is 2. The monoisotopic (exact) mass is 525 g/mol. The first-order valence-electron chi connectivity index (χ1n) is 9.34. The van der Waals surface area contributed by atoms with Crippen LogP contribution in [-0.4, -0.2) is 44.2 Å². The molecule has 180 valence electrons. The number of hydrogen-bond donors (Lipinski definition) is 4. The zero-order chi connectivity index (χ0) is 22.3. The van der Waals surface area contributed by atoms with Crippen LogP contribution in [0, 0.1) is 26.2 Å². The van der Waals surface area contributed by atoms with Gasteiger partial charge in [0.25, 0.3) is 10.0 Å². The number of carbonyl (C=O) groups excluding carboxylic acids is 1. The fourth-order valence-corrected chi connectivity index (χ4v) is 4.80. The lowest BCUT2D eigenvalue weighted by molar-refractivity contribution is 0.0956. The fraction of sp³-hybridized carbons (Fsp3) is 0.421. The lowest BCUT2D eigenvalue weighted by Gasteiger charge is -2.14. The van der Waals surface area contributed by atoms with E-state index in [1.165, 1.54) is 11.3 Å². The highest BCUT2D eigenvalue weighted by molar-refractivity contribution is 7.89. The largest absolute Gasteiger partial charge is 0.372 e. The smallest absolute Gasteiger partial charge is 0.263 e. The molecule has 0 bridgehead atoms. The number of nitrogens with one attached hydrogen (secondary N) is 3. The van der Waals surface area contributed by atoms with Crippen LogP contribution < -0.4 is 15.9 Å². The van der Waals surface area contributed by atoms with Crippen molar-refractivity contribution in [2.75, 3.05) is 13.2 Å². The number of aromatic nitrogens is 1. The number of benzene rings is 1. The minimum Gasteiger partial charge on any atom is -0.372 e. The minimum atomic E-state index is -3.86. The molecule has 1 aromatic heterocycles. The Hall–Kier alpha value is -1.60. The van der Waals surface area contributed by atoms with Crippen LogP contribution in [0.25, 0.3) is 0 Å². The van der Waals surface area contributed by atoms with Crippen molar-refractivity contribution in [1.29, 1.82) is 5.41 Å². The van der Waals surface area contributed by atoms with Gasteiger partial charge in [-0.1, -0.05) is 17.0 Å². The zero-order valence-corrected chi connectivity index (χ0v) is 21.3. The molecule has 0 saturated heterocycles. The second-order valence-electron chi connectivity index (χ2n) is 6.88. The first-order chi connectivity index (χ1) is 14.1. The molecule has 0 saturated carbocycles. The summed E-state index contributed by atoms with van der Waals surface area (Å²) in [7, 11) is -3.86. The third kappa shape index (κ3) is 8.39. The number of ketones is 1. The number of nitrogens with two attached hydrogens (primary N) is 1. The Labute approximate surface area is 204 Å². The van der Waals surface area contributed by atoms with Gasteiger partial charge in [-0.2, -0.15) is 0 Å². The van der Waals surface area contributed by atoms with Crippen LogP contribution in [0.4, 0.5) is 0 Å². The molecule has 0 aliphatic rings. The summed E-state index contributed by atoms with van der Waals surface area (Å²) in [6, 6.07) is 2.96. The van der Waals surface area contributed by atoms with E-state index >= 15 is 0 Å². The van der Waals surface area contributed by atoms with Gasteiger partial charge in [-0.3, -0.25) is 15.0 Å². The number of rotatable bonds is 11. The van der Waals surface area contributed by atoms with E-state index < -0.39 is 16.1 Å². The predicted octanol–water partition coefficient (Wildman–Crippen LogP) is 2.68. The van der Waals surface area contributed by atoms with Gasteiger partial charge in [0.2, 0.25) is 5.78 Å². The van der Waals surface area contributed by atoms with Crippen LogP contribution in [0.3, 0.4) is 0 Å². The fourth-order valence-electron chi connectivity index (χ4n) is 2.81. The number of nitrogens with zero attached hydrogens (tertiary/aromatic N) is 1. The quantitative estimate of drug-likeness (QED) is 0.116. The number of Topliss-reactive ketones (excluding diaryl/α,β-unsaturated/α-hetero) is 1. The van der Waals surface area contributed by atoms with Crippen LogP contribution in [0.1, 0.15) is 39.3 Å². The highest BCUT2D eigenvalue weighted by atomic mass is 35.5. The van der Waals surface area contributed by atoms with Crippen LogP contribution in [0.2, 0.25) is 0 Å². The van der Waals surface area contributed by atoms with Crippen molar-refractivity contribution in [2.24, 2.45) is 5.73 Å². The van der Waals surface area contributed by atoms with Crippen molar-refractivity contribution < 1.29 is 18.0 Å². The van der Waals surface area contributed by atoms with Crippen molar-refractivity contribution in [3.8, 4) is 0 Å². The maximum atomic E-state index is 12.5. The van der Waals surface area contributed by atoms with E-state index in [2.05, 4.69) is 15.2 Å². The maximum Gasteiger partial charge on any atom is 0.263 e. The molecule has 0 aliphatic carbocycles. The summed E-state index contributed by atoms with van der Waals surface area (Å²) in [5, 5.41) is 12.8. The molecule has 0 radical (unpaired) electrons. The first-order valence-corrected chi connectivity index (χ1v) is 11.7. The highest BCUT2D eigenvalue weighted by Crippen LogP contribution is 2.22. The third-order valence-corrected chi connectivity index (χ3v) is 6.83. The van der Waals surface area contributed by atoms with Crippen molar-refractivity contribution in [2.45, 2.75) is 44.6 Å². The van der Waals surface area contributed by atoms with Gasteiger partial charge in [0.05, 0.1) is 10.9 Å². The number of amidine groups is 1. The molecule has 1 atom stereocenters. The van der Waals surface area contributed by atoms with E-state index in [-0.39, 0.29) is 47.9 Å². The molecule has 13 heteroatoms. The molecule has 2 rings (SSSR count). The number of hydrogen-bond acceptors (Lipinski definition) is 8. The molecule has 0 aliphatic heterocycles. The van der Waals surface area contributed by atoms with Gasteiger partial charge in [-0.15, -0.1) is 36.2 Å². The van der Waals surface area contributed by atoms with Gasteiger partial charge in [0, 0.05) is 18.1 Å². The summed E-state index contributed by atoms with van der Waals surface area (Å²) >= 11 is 1.25. The lowest BCUT2D eigenvalue weighted by atomic mass is 10.1. The molecule has 32 heavy (non-hydrogen) atoms. The predicted molar refractivity (Wildman–Crippen MR) is 131 cm³/mol. The number of thiazole rings is 1. The van der Waals surface area contributed by atoms with Gasteiger partial charge in [0.1, 0.15) is 12.4 Å². The number of carbonyl (C=O) groups is 1. The molecule has 2 aromatic rings. The number of sulfonamides is 1. The van der Waals surface area contributed by atoms with Crippen molar-refractivity contribution in [3.63, 3.8) is 0 Å². The molecule has 9 nitrogen and oxygen atoms in total. The van der Waals surface area contributed by atoms with E-state index in [9.17, 15) is 13.2 Å². The normalized spacial score (nSPS) is 11.8. The molecule has 1 aromatic carbocycles. The Morgan fingerprint density at radius 1 is 1.25 bits per heavy atom. The van der Waals surface area contributed by atoms with E-state index in [1.807, 2.05) is 13.0 Å². The van der Waals surface area contributed by atoms with Crippen molar-refractivity contribution in [3.05, 3.63) is 45.4 Å². The molecule has 1 unspecified atom stereocenters. The van der Waals surface area contributed by atoms with Crippen LogP contribution in [0.15, 0.2) is 28.6 Å². The SMILES string of the molecule is Cc1ccc(C)c(S(=O)(=O)NOCC(=N)NCCCC(N)C(=O)c2nccs2)c1C.Cl.Cl. The van der Waals surface area contributed by atoms with E-state index in [0.29, 0.717) is 35.5 Å². The van der Waals surface area contributed by atoms with Crippen LogP contribution in [0.5, 0.6) is 0 Å². The Morgan fingerprint density at radius 3 is 2.53 bits per heavy atom. The Balaban J connectivity index is 0.00000480. The van der Waals surface area contributed by atoms with E-state index in [1.54, 1.807) is 31.5 Å². The van der Waals surface area contributed by atoms with Gasteiger partial charge < -0.3 is 11.1 Å². The summed E-state index contributed by atoms with van der Waals surface area (Å²) in [6.45, 7) is 5.45. The summed E-state index contributed by atoms with van der Waals surface area (Å²) in [4.78, 5) is 23.3. The molecule has 0 amide bonds. The average Bonchev–Trinajstić information content (AvgIpc) is 3.22. The van der Waals surface area contributed by atoms with Crippen LogP contribution >= 0.6 is 36.2 Å². The second kappa shape index (κ2) is 13.8. The lowest BCUT2D eigenvalue weighted by Crippen LogP contribution is -2.35. The van der Waals surface area contributed by atoms with Crippen molar-refractivity contribution >= 4 is 57.8 Å². The molecular weight excluding hydrogens is 497 g/mol. The first kappa shape index (κ1) is 30.4. The Bertz CT molecular complexity index is 1000. The Kier molecular flexibility index (Phi) is 13.1. The highest BCUT2D eigenvalue weighted by Gasteiger charge is 2.21. The third-order valence-electron chi connectivity index (χ3n) is 4.54. The van der Waals surface area contributed by atoms with Crippen LogP contribution in [-0.2, 0) is 14.9 Å². The summed E-state index contributed by atoms with van der Waals surface area (Å²) in [5.74, 6) is -0.185. The molecule has 5 N–H and O–H groups in total. The zero-order valence-electron chi connectivity index (χ0n) is 18.0. The van der Waals surface area contributed by atoms with E-state index in [4.69, 9.17) is 16.0 Å². The summed E-state index contributed by atoms with van der Waals surface area (Å²) in [6.07, 6.45) is 2.56.